The van der Waals surface area contributed by atoms with E-state index in [4.69, 9.17) is 19.4 Å². The summed E-state index contributed by atoms with van der Waals surface area (Å²) in [5.41, 5.74) is 2.24. The Hall–Kier alpha value is -3.93. The number of methoxy groups -OCH3 is 1. The molecule has 1 aliphatic heterocycles. The largest absolute Gasteiger partial charge is 0.497 e. The van der Waals surface area contributed by atoms with Crippen LogP contribution in [0.5, 0.6) is 5.75 Å². The molecule has 1 saturated carbocycles. The molecule has 5 rings (SSSR count). The van der Waals surface area contributed by atoms with Crippen molar-refractivity contribution in [2.75, 3.05) is 19.0 Å². The van der Waals surface area contributed by atoms with Gasteiger partial charge in [0.05, 0.1) is 18.3 Å². The lowest BCUT2D eigenvalue weighted by Gasteiger charge is -2.34. The number of carbonyl (C=O) groups excluding carboxylic acids is 2. The summed E-state index contributed by atoms with van der Waals surface area (Å²) in [5, 5.41) is 20.0. The van der Waals surface area contributed by atoms with Crippen LogP contribution in [0.15, 0.2) is 29.6 Å². The van der Waals surface area contributed by atoms with E-state index in [1.54, 1.807) is 7.11 Å². The topological polar surface area (TPSA) is 143 Å². The molecule has 3 heterocycles. The van der Waals surface area contributed by atoms with Gasteiger partial charge in [-0.2, -0.15) is 0 Å². The number of alkyl carbamates (subject to hydrolysis) is 1. The zero-order valence-corrected chi connectivity index (χ0v) is 27.6. The number of carbonyl (C=O) groups is 3. The summed E-state index contributed by atoms with van der Waals surface area (Å²) < 4.78 is 11.1. The van der Waals surface area contributed by atoms with Crippen molar-refractivity contribution in [1.82, 2.24) is 20.2 Å². The molecule has 0 radical (unpaired) electrons. The maximum absolute atomic E-state index is 14.1. The molecule has 0 bridgehead atoms. The quantitative estimate of drug-likeness (QED) is 0.256. The molecular weight excluding hydrogens is 594 g/mol. The average molecular weight is 638 g/mol. The van der Waals surface area contributed by atoms with E-state index in [1.807, 2.05) is 64.3 Å². The number of aliphatic carboxylic acids is 1. The van der Waals surface area contributed by atoms with E-state index in [0.717, 1.165) is 41.8 Å². The second-order valence-electron chi connectivity index (χ2n) is 13.3. The molecule has 3 atom stereocenters. The highest BCUT2D eigenvalue weighted by Crippen LogP contribution is 2.39. The third-order valence-corrected chi connectivity index (χ3v) is 9.26. The summed E-state index contributed by atoms with van der Waals surface area (Å²) in [5.74, 6) is -1.18. The van der Waals surface area contributed by atoms with E-state index in [9.17, 15) is 19.5 Å². The number of thiazole rings is 1. The SMILES string of the molecule is COc1ccc2c([C@@H]3C[C@@H](C(=O)O)N(C(=O)[C@@H](NC(=O)OC4CCCC4)C(C)(C)C)C3)cc(-c3csc(NC(C)C)n3)nc2c1. The molecule has 3 aromatic rings. The molecule has 2 fully saturated rings. The number of benzene rings is 1. The molecule has 0 unspecified atom stereocenters. The highest BCUT2D eigenvalue weighted by atomic mass is 32.1. The van der Waals surface area contributed by atoms with Crippen molar-refractivity contribution in [3.05, 3.63) is 35.2 Å². The highest BCUT2D eigenvalue weighted by molar-refractivity contribution is 7.14. The van der Waals surface area contributed by atoms with Crippen molar-refractivity contribution in [2.24, 2.45) is 5.41 Å². The van der Waals surface area contributed by atoms with Crippen LogP contribution in [0.4, 0.5) is 9.93 Å². The zero-order valence-electron chi connectivity index (χ0n) is 26.8. The number of amides is 2. The summed E-state index contributed by atoms with van der Waals surface area (Å²) >= 11 is 1.49. The number of pyridine rings is 1. The first-order chi connectivity index (χ1) is 21.3. The number of rotatable bonds is 9. The predicted octanol–water partition coefficient (Wildman–Crippen LogP) is 6.04. The Balaban J connectivity index is 1.48. The summed E-state index contributed by atoms with van der Waals surface area (Å²) in [4.78, 5) is 50.6. The van der Waals surface area contributed by atoms with Gasteiger partial charge in [-0.25, -0.2) is 19.6 Å². The van der Waals surface area contributed by atoms with Gasteiger partial charge in [-0.3, -0.25) is 4.79 Å². The fraction of sp³-hybridized carbons (Fsp3) is 0.545. The first-order valence-electron chi connectivity index (χ1n) is 15.6. The summed E-state index contributed by atoms with van der Waals surface area (Å²) in [6, 6.07) is 5.77. The van der Waals surface area contributed by atoms with Crippen molar-refractivity contribution >= 4 is 45.3 Å². The first-order valence-corrected chi connectivity index (χ1v) is 16.4. The molecule has 1 aliphatic carbocycles. The first kappa shape index (κ1) is 32.5. The molecule has 2 amide bonds. The Kier molecular flexibility index (Phi) is 9.52. The average Bonchev–Trinajstić information content (AvgIpc) is 3.75. The van der Waals surface area contributed by atoms with Crippen molar-refractivity contribution in [2.45, 2.75) is 96.9 Å². The second-order valence-corrected chi connectivity index (χ2v) is 14.2. The maximum Gasteiger partial charge on any atom is 0.408 e. The van der Waals surface area contributed by atoms with Gasteiger partial charge in [-0.15, -0.1) is 11.3 Å². The van der Waals surface area contributed by atoms with Crippen LogP contribution in [0.3, 0.4) is 0 Å². The van der Waals surface area contributed by atoms with Gasteiger partial charge in [0.15, 0.2) is 5.13 Å². The molecule has 242 valence electrons. The minimum Gasteiger partial charge on any atom is -0.497 e. The molecule has 2 aliphatic rings. The van der Waals surface area contributed by atoms with Crippen molar-refractivity contribution < 1.29 is 29.0 Å². The molecule has 1 saturated heterocycles. The van der Waals surface area contributed by atoms with Gasteiger partial charge in [-0.1, -0.05) is 20.8 Å². The van der Waals surface area contributed by atoms with Crippen LogP contribution in [0.2, 0.25) is 0 Å². The van der Waals surface area contributed by atoms with Crippen LogP contribution < -0.4 is 15.4 Å². The van der Waals surface area contributed by atoms with E-state index in [1.165, 1.54) is 16.2 Å². The Labute approximate surface area is 267 Å². The molecule has 1 aromatic carbocycles. The lowest BCUT2D eigenvalue weighted by molar-refractivity contribution is -0.150. The van der Waals surface area contributed by atoms with Crippen molar-refractivity contribution in [3.63, 3.8) is 0 Å². The monoisotopic (exact) mass is 637 g/mol. The molecule has 11 nitrogen and oxygen atoms in total. The number of anilines is 1. The third kappa shape index (κ3) is 7.32. The van der Waals surface area contributed by atoms with Crippen molar-refractivity contribution in [1.29, 1.82) is 0 Å². The lowest BCUT2D eigenvalue weighted by atomic mass is 9.85. The number of aromatic nitrogens is 2. The van der Waals surface area contributed by atoms with Gasteiger partial charge in [0.25, 0.3) is 0 Å². The van der Waals surface area contributed by atoms with E-state index in [0.29, 0.717) is 22.7 Å². The van der Waals surface area contributed by atoms with Gasteiger partial charge in [0.2, 0.25) is 5.91 Å². The number of nitrogens with one attached hydrogen (secondary N) is 2. The van der Waals surface area contributed by atoms with Crippen LogP contribution in [0.1, 0.15) is 78.2 Å². The van der Waals surface area contributed by atoms with Gasteiger partial charge in [-0.05, 0) is 75.1 Å². The lowest BCUT2D eigenvalue weighted by Crippen LogP contribution is -2.57. The molecule has 0 spiro atoms. The zero-order chi connectivity index (χ0) is 32.5. The van der Waals surface area contributed by atoms with E-state index < -0.39 is 35.5 Å². The van der Waals surface area contributed by atoms with Gasteiger partial charge >= 0.3 is 12.1 Å². The summed E-state index contributed by atoms with van der Waals surface area (Å²) in [6.07, 6.45) is 3.03. The van der Waals surface area contributed by atoms with E-state index in [2.05, 4.69) is 10.6 Å². The fourth-order valence-corrected chi connectivity index (χ4v) is 7.05. The van der Waals surface area contributed by atoms with E-state index >= 15 is 0 Å². The van der Waals surface area contributed by atoms with E-state index in [-0.39, 0.29) is 31.0 Å². The predicted molar refractivity (Wildman–Crippen MR) is 174 cm³/mol. The molecule has 2 aromatic heterocycles. The number of ether oxygens (including phenoxy) is 2. The number of carboxylic acid groups (broad SMARTS) is 1. The van der Waals surface area contributed by atoms with Crippen molar-refractivity contribution in [3.8, 4) is 17.1 Å². The van der Waals surface area contributed by atoms with Gasteiger partial charge < -0.3 is 30.1 Å². The normalized spacial score (nSPS) is 19.6. The molecule has 3 N–H and O–H groups in total. The summed E-state index contributed by atoms with van der Waals surface area (Å²) in [7, 11) is 1.59. The number of nitrogens with zero attached hydrogens (tertiary/aromatic N) is 3. The van der Waals surface area contributed by atoms with Gasteiger partial charge in [0.1, 0.15) is 29.6 Å². The Morgan fingerprint density at radius 3 is 2.47 bits per heavy atom. The minimum absolute atomic E-state index is 0.161. The number of likely N-dealkylation sites (tertiary alicyclic amines) is 1. The second kappa shape index (κ2) is 13.2. The Morgan fingerprint density at radius 2 is 1.82 bits per heavy atom. The Morgan fingerprint density at radius 1 is 1.09 bits per heavy atom. The molecular formula is C33H43N5O6S. The van der Waals surface area contributed by atoms with Crippen LogP contribution in [-0.2, 0) is 14.3 Å². The number of hydrogen-bond acceptors (Lipinski definition) is 9. The number of carboxylic acids is 1. The van der Waals surface area contributed by atoms with Crippen LogP contribution in [0.25, 0.3) is 22.3 Å². The molecule has 45 heavy (non-hydrogen) atoms. The number of hydrogen-bond donors (Lipinski definition) is 3. The van der Waals surface area contributed by atoms with Crippen LogP contribution in [-0.4, -0.2) is 75.8 Å². The third-order valence-electron chi connectivity index (χ3n) is 8.49. The smallest absolute Gasteiger partial charge is 0.408 e. The van der Waals surface area contributed by atoms with Crippen LogP contribution in [0, 0.1) is 5.41 Å². The standard InChI is InChI=1S/C33H43N5O6S/c1-18(2)34-31-36-26(17-45-31)25-15-23(22-12-11-21(43-6)14-24(22)35-25)19-13-27(30(40)41)38(16-19)29(39)28(33(3,4)5)37-32(42)44-20-9-7-8-10-20/h11-12,14-15,17-20,27-28H,7-10,13,16H2,1-6H3,(H,34,36)(H,37,42)(H,40,41)/t19-,27+,28-/m1/s1. The Bertz CT molecular complexity index is 1560. The molecule has 12 heteroatoms. The summed E-state index contributed by atoms with van der Waals surface area (Å²) in [6.45, 7) is 9.81. The van der Waals surface area contributed by atoms with Gasteiger partial charge in [0, 0.05) is 35.3 Å². The maximum atomic E-state index is 14.1. The highest BCUT2D eigenvalue weighted by Gasteiger charge is 2.46. The fourth-order valence-electron chi connectivity index (χ4n) is 6.20. The minimum atomic E-state index is -1.09. The van der Waals surface area contributed by atoms with Crippen LogP contribution >= 0.6 is 11.3 Å². The number of fused-ring (bicyclic) bond motifs is 1.